The number of carbonyl (C=O) groups is 1. The normalized spacial score (nSPS) is 22.0. The minimum Gasteiger partial charge on any atom is -0.489 e. The van der Waals surface area contributed by atoms with Crippen molar-refractivity contribution in [3.05, 3.63) is 29.8 Å². The molecular formula is C17H22N2O3. The zero-order valence-corrected chi connectivity index (χ0v) is 13.2. The zero-order valence-electron chi connectivity index (χ0n) is 13.2. The first kappa shape index (κ1) is 16.2. The van der Waals surface area contributed by atoms with E-state index in [-0.39, 0.29) is 17.6 Å². The number of nitrogens with zero attached hydrogens (tertiary/aromatic N) is 2. The Morgan fingerprint density at radius 2 is 2.09 bits per heavy atom. The average Bonchev–Trinajstić information content (AvgIpc) is 2.46. The van der Waals surface area contributed by atoms with Crippen LogP contribution in [0.2, 0.25) is 0 Å². The second-order valence-electron chi connectivity index (χ2n) is 6.73. The number of hydrogen-bond donors (Lipinski definition) is 1. The molecule has 1 aromatic carbocycles. The van der Waals surface area contributed by atoms with E-state index in [1.807, 2.05) is 26.8 Å². The number of ether oxygens (including phenoxy) is 1. The third kappa shape index (κ3) is 3.51. The Morgan fingerprint density at radius 1 is 1.41 bits per heavy atom. The van der Waals surface area contributed by atoms with Gasteiger partial charge < -0.3 is 14.7 Å². The van der Waals surface area contributed by atoms with E-state index in [9.17, 15) is 9.90 Å². The molecular weight excluding hydrogens is 280 g/mol. The molecule has 1 aromatic rings. The monoisotopic (exact) mass is 302 g/mol. The van der Waals surface area contributed by atoms with Crippen molar-refractivity contribution in [1.29, 1.82) is 5.26 Å². The Bertz CT molecular complexity index is 586. The molecule has 1 aliphatic rings. The molecule has 1 saturated heterocycles. The minimum atomic E-state index is -0.879. The van der Waals surface area contributed by atoms with Gasteiger partial charge in [-0.05, 0) is 17.5 Å². The topological polar surface area (TPSA) is 73.6 Å². The highest BCUT2D eigenvalue weighted by molar-refractivity contribution is 5.65. The summed E-state index contributed by atoms with van der Waals surface area (Å²) in [6.45, 7) is 6.58. The van der Waals surface area contributed by atoms with E-state index in [1.54, 1.807) is 18.2 Å². The molecule has 1 N–H and O–H groups in total. The predicted molar refractivity (Wildman–Crippen MR) is 82.8 cm³/mol. The summed E-state index contributed by atoms with van der Waals surface area (Å²) in [6, 6.07) is 9.18. The molecule has 0 saturated carbocycles. The number of rotatable bonds is 2. The Hall–Kier alpha value is -2.22. The van der Waals surface area contributed by atoms with E-state index in [2.05, 4.69) is 6.07 Å². The molecule has 1 heterocycles. The van der Waals surface area contributed by atoms with Gasteiger partial charge in [0.25, 0.3) is 0 Å². The number of piperidine rings is 1. The Kier molecular flexibility index (Phi) is 4.60. The SMILES string of the molecule is CC(C)(C)C1CC(Oc2ccccc2C#N)CCN1C(=O)O. The van der Waals surface area contributed by atoms with Gasteiger partial charge in [-0.25, -0.2) is 4.79 Å². The van der Waals surface area contributed by atoms with Crippen molar-refractivity contribution in [3.63, 3.8) is 0 Å². The van der Waals surface area contributed by atoms with Crippen LogP contribution in [0.1, 0.15) is 39.2 Å². The lowest BCUT2D eigenvalue weighted by molar-refractivity contribution is 0.0129. The maximum Gasteiger partial charge on any atom is 0.407 e. The highest BCUT2D eigenvalue weighted by Gasteiger charge is 2.39. The van der Waals surface area contributed by atoms with Crippen molar-refractivity contribution in [2.45, 2.75) is 45.8 Å². The highest BCUT2D eigenvalue weighted by Crippen LogP contribution is 2.34. The predicted octanol–water partition coefficient (Wildman–Crippen LogP) is 3.49. The van der Waals surface area contributed by atoms with E-state index in [1.165, 1.54) is 4.90 Å². The molecule has 1 amide bonds. The molecule has 0 aliphatic carbocycles. The Balaban J connectivity index is 2.15. The van der Waals surface area contributed by atoms with Crippen molar-refractivity contribution < 1.29 is 14.6 Å². The van der Waals surface area contributed by atoms with Gasteiger partial charge in [-0.3, -0.25) is 0 Å². The summed E-state index contributed by atoms with van der Waals surface area (Å²) in [7, 11) is 0. The molecule has 2 atom stereocenters. The standard InChI is InChI=1S/C17H22N2O3/c1-17(2,3)15-10-13(8-9-19(15)16(20)21)22-14-7-5-4-6-12(14)11-18/h4-7,13,15H,8-10H2,1-3H3,(H,20,21). The largest absolute Gasteiger partial charge is 0.489 e. The van der Waals surface area contributed by atoms with E-state index in [0.717, 1.165) is 0 Å². The molecule has 0 spiro atoms. The van der Waals surface area contributed by atoms with Crippen LogP contribution in [-0.4, -0.2) is 34.8 Å². The van der Waals surface area contributed by atoms with E-state index < -0.39 is 6.09 Å². The lowest BCUT2D eigenvalue weighted by Gasteiger charge is -2.44. The second-order valence-corrected chi connectivity index (χ2v) is 6.73. The van der Waals surface area contributed by atoms with Gasteiger partial charge >= 0.3 is 6.09 Å². The van der Waals surface area contributed by atoms with Crippen LogP contribution in [0, 0.1) is 16.7 Å². The number of amides is 1. The molecule has 5 nitrogen and oxygen atoms in total. The number of nitriles is 1. The van der Waals surface area contributed by atoms with Gasteiger partial charge in [0.1, 0.15) is 17.9 Å². The average molecular weight is 302 g/mol. The summed E-state index contributed by atoms with van der Waals surface area (Å²) >= 11 is 0. The number of likely N-dealkylation sites (tertiary alicyclic amines) is 1. The fraction of sp³-hybridized carbons (Fsp3) is 0.529. The first-order chi connectivity index (χ1) is 10.3. The van der Waals surface area contributed by atoms with E-state index in [4.69, 9.17) is 10.00 Å². The van der Waals surface area contributed by atoms with E-state index in [0.29, 0.717) is 30.7 Å². The first-order valence-electron chi connectivity index (χ1n) is 7.48. The van der Waals surface area contributed by atoms with Crippen LogP contribution in [0.5, 0.6) is 5.75 Å². The second kappa shape index (κ2) is 6.27. The number of para-hydroxylation sites is 1. The highest BCUT2D eigenvalue weighted by atomic mass is 16.5. The summed E-state index contributed by atoms with van der Waals surface area (Å²) in [4.78, 5) is 12.9. The smallest absolute Gasteiger partial charge is 0.407 e. The summed E-state index contributed by atoms with van der Waals surface area (Å²) < 4.78 is 5.99. The molecule has 2 rings (SSSR count). The van der Waals surface area contributed by atoms with Crippen molar-refractivity contribution in [2.24, 2.45) is 5.41 Å². The molecule has 118 valence electrons. The lowest BCUT2D eigenvalue weighted by Crippen LogP contribution is -2.53. The summed E-state index contributed by atoms with van der Waals surface area (Å²) in [6.07, 6.45) is 0.318. The van der Waals surface area contributed by atoms with Gasteiger partial charge in [-0.2, -0.15) is 5.26 Å². The quantitative estimate of drug-likeness (QED) is 0.907. The van der Waals surface area contributed by atoms with Crippen molar-refractivity contribution in [1.82, 2.24) is 4.90 Å². The van der Waals surface area contributed by atoms with Crippen molar-refractivity contribution in [2.75, 3.05) is 6.54 Å². The van der Waals surface area contributed by atoms with Gasteiger partial charge in [0.15, 0.2) is 0 Å². The molecule has 0 radical (unpaired) electrons. The zero-order chi connectivity index (χ0) is 16.3. The molecule has 5 heteroatoms. The van der Waals surface area contributed by atoms with Crippen LogP contribution >= 0.6 is 0 Å². The van der Waals surface area contributed by atoms with Crippen molar-refractivity contribution in [3.8, 4) is 11.8 Å². The fourth-order valence-corrected chi connectivity index (χ4v) is 2.93. The third-order valence-electron chi connectivity index (χ3n) is 4.10. The Labute approximate surface area is 131 Å². The maximum absolute atomic E-state index is 11.4. The minimum absolute atomic E-state index is 0.0747. The van der Waals surface area contributed by atoms with E-state index >= 15 is 0 Å². The van der Waals surface area contributed by atoms with Crippen LogP contribution in [0.15, 0.2) is 24.3 Å². The maximum atomic E-state index is 11.4. The van der Waals surface area contributed by atoms with Crippen LogP contribution in [0.25, 0.3) is 0 Å². The molecule has 2 unspecified atom stereocenters. The fourth-order valence-electron chi connectivity index (χ4n) is 2.93. The van der Waals surface area contributed by atoms with Crippen LogP contribution < -0.4 is 4.74 Å². The first-order valence-corrected chi connectivity index (χ1v) is 7.48. The summed E-state index contributed by atoms with van der Waals surface area (Å²) in [5, 5.41) is 18.5. The van der Waals surface area contributed by atoms with Crippen LogP contribution in [0.4, 0.5) is 4.79 Å². The van der Waals surface area contributed by atoms with Gasteiger partial charge in [0, 0.05) is 25.4 Å². The molecule has 0 aromatic heterocycles. The summed E-state index contributed by atoms with van der Waals surface area (Å²) in [5.41, 5.74) is 0.352. The number of benzene rings is 1. The lowest BCUT2D eigenvalue weighted by atomic mass is 9.80. The molecule has 0 bridgehead atoms. The van der Waals surface area contributed by atoms with Crippen LogP contribution in [-0.2, 0) is 0 Å². The van der Waals surface area contributed by atoms with Gasteiger partial charge in [-0.1, -0.05) is 32.9 Å². The number of hydrogen-bond acceptors (Lipinski definition) is 3. The molecule has 22 heavy (non-hydrogen) atoms. The van der Waals surface area contributed by atoms with Gasteiger partial charge in [0.2, 0.25) is 0 Å². The van der Waals surface area contributed by atoms with Gasteiger partial charge in [-0.15, -0.1) is 0 Å². The summed E-state index contributed by atoms with van der Waals surface area (Å²) in [5.74, 6) is 0.575. The molecule has 1 aliphatic heterocycles. The number of carboxylic acid groups (broad SMARTS) is 1. The molecule has 1 fully saturated rings. The van der Waals surface area contributed by atoms with Gasteiger partial charge in [0.05, 0.1) is 5.56 Å². The van der Waals surface area contributed by atoms with Crippen LogP contribution in [0.3, 0.4) is 0 Å². The third-order valence-corrected chi connectivity index (χ3v) is 4.10. The Morgan fingerprint density at radius 3 is 2.68 bits per heavy atom. The van der Waals surface area contributed by atoms with Crippen molar-refractivity contribution >= 4 is 6.09 Å².